The minimum absolute atomic E-state index is 0.0180. The summed E-state index contributed by atoms with van der Waals surface area (Å²) in [5, 5.41) is 15.1. The first-order valence-electron chi connectivity index (χ1n) is 7.68. The zero-order valence-corrected chi connectivity index (χ0v) is 13.9. The van der Waals surface area contributed by atoms with Crippen LogP contribution in [0.3, 0.4) is 0 Å². The highest BCUT2D eigenvalue weighted by Crippen LogP contribution is 2.10. The Morgan fingerprint density at radius 2 is 2.04 bits per heavy atom. The van der Waals surface area contributed by atoms with Crippen LogP contribution in [-0.4, -0.2) is 36.4 Å². The van der Waals surface area contributed by atoms with E-state index in [4.69, 9.17) is 9.94 Å². The Kier molecular flexibility index (Phi) is 5.18. The van der Waals surface area contributed by atoms with Crippen LogP contribution in [0.1, 0.15) is 17.2 Å². The molecule has 2 N–H and O–H groups in total. The van der Waals surface area contributed by atoms with E-state index < -0.39 is 6.09 Å². The van der Waals surface area contributed by atoms with Crippen molar-refractivity contribution in [3.8, 4) is 0 Å². The maximum Gasteiger partial charge on any atom is 0.410 e. The third kappa shape index (κ3) is 4.20. The largest absolute Gasteiger partial charge is 0.465 e. The molecule has 2 heterocycles. The standard InChI is InChI=1S/C17H16N6O3/c1-23-10-9-19-16(23)15(12-5-3-2-4-6-12)22-26-11-14-18-8-7-13(20-14)21-17(24)25/h2-10H,11H2,1H3,(H,24,25)(H,18,20,21)/b22-15-. The highest BCUT2D eigenvalue weighted by Gasteiger charge is 2.13. The molecular formula is C17H16N6O3. The molecule has 0 unspecified atom stereocenters. The molecule has 0 bridgehead atoms. The van der Waals surface area contributed by atoms with Gasteiger partial charge in [0, 0.05) is 31.2 Å². The molecule has 2 aromatic heterocycles. The van der Waals surface area contributed by atoms with Crippen molar-refractivity contribution in [2.24, 2.45) is 12.2 Å². The van der Waals surface area contributed by atoms with E-state index in [9.17, 15) is 4.79 Å². The van der Waals surface area contributed by atoms with E-state index in [1.54, 1.807) is 6.20 Å². The van der Waals surface area contributed by atoms with Gasteiger partial charge in [-0.2, -0.15) is 0 Å². The number of hydrogen-bond donors (Lipinski definition) is 2. The van der Waals surface area contributed by atoms with Crippen molar-refractivity contribution >= 4 is 17.6 Å². The molecule has 3 aromatic rings. The van der Waals surface area contributed by atoms with Crippen LogP contribution in [-0.2, 0) is 18.5 Å². The average Bonchev–Trinajstić information content (AvgIpc) is 3.05. The molecule has 3 rings (SSSR count). The lowest BCUT2D eigenvalue weighted by atomic mass is 10.1. The highest BCUT2D eigenvalue weighted by molar-refractivity contribution is 6.10. The number of aryl methyl sites for hydroxylation is 1. The van der Waals surface area contributed by atoms with Crippen molar-refractivity contribution in [3.05, 3.63) is 72.2 Å². The van der Waals surface area contributed by atoms with E-state index in [1.165, 1.54) is 12.3 Å². The van der Waals surface area contributed by atoms with E-state index >= 15 is 0 Å². The predicted octanol–water partition coefficient (Wildman–Crippen LogP) is 2.27. The lowest BCUT2D eigenvalue weighted by Crippen LogP contribution is -2.12. The Hall–Kier alpha value is -3.75. The van der Waals surface area contributed by atoms with E-state index in [0.717, 1.165) is 5.56 Å². The SMILES string of the molecule is Cn1ccnc1/C(=N\OCc1nccc(NC(=O)O)n1)c1ccccc1. The third-order valence-corrected chi connectivity index (χ3v) is 3.37. The molecule has 0 atom stereocenters. The molecule has 0 aliphatic heterocycles. The molecule has 0 radical (unpaired) electrons. The summed E-state index contributed by atoms with van der Waals surface area (Å²) >= 11 is 0. The Balaban J connectivity index is 1.80. The van der Waals surface area contributed by atoms with E-state index in [-0.39, 0.29) is 12.4 Å². The number of hydrogen-bond acceptors (Lipinski definition) is 6. The molecule has 1 amide bonds. The number of benzene rings is 1. The van der Waals surface area contributed by atoms with Gasteiger partial charge in [-0.15, -0.1) is 0 Å². The first-order valence-corrected chi connectivity index (χ1v) is 7.68. The number of anilines is 1. The molecule has 1 aromatic carbocycles. The zero-order chi connectivity index (χ0) is 18.4. The number of rotatable bonds is 6. The fraction of sp³-hybridized carbons (Fsp3) is 0.118. The monoisotopic (exact) mass is 352 g/mol. The number of nitrogens with one attached hydrogen (secondary N) is 1. The van der Waals surface area contributed by atoms with Crippen LogP contribution in [0.5, 0.6) is 0 Å². The molecular weight excluding hydrogens is 336 g/mol. The first-order chi connectivity index (χ1) is 12.6. The van der Waals surface area contributed by atoms with Crippen LogP contribution in [0.15, 0.2) is 60.1 Å². The number of carboxylic acid groups (broad SMARTS) is 1. The lowest BCUT2D eigenvalue weighted by molar-refractivity contribution is 0.125. The Morgan fingerprint density at radius 3 is 2.73 bits per heavy atom. The summed E-state index contributed by atoms with van der Waals surface area (Å²) < 4.78 is 1.84. The fourth-order valence-corrected chi connectivity index (χ4v) is 2.21. The van der Waals surface area contributed by atoms with Gasteiger partial charge in [0.05, 0.1) is 0 Å². The molecule has 0 fully saturated rings. The van der Waals surface area contributed by atoms with E-state index in [1.807, 2.05) is 48.1 Å². The fourth-order valence-electron chi connectivity index (χ4n) is 2.21. The van der Waals surface area contributed by atoms with Gasteiger partial charge in [-0.1, -0.05) is 35.5 Å². The van der Waals surface area contributed by atoms with Crippen molar-refractivity contribution in [2.75, 3.05) is 5.32 Å². The number of nitrogens with zero attached hydrogens (tertiary/aromatic N) is 5. The van der Waals surface area contributed by atoms with E-state index in [0.29, 0.717) is 17.4 Å². The molecule has 0 saturated heterocycles. The number of imidazole rings is 1. The summed E-state index contributed by atoms with van der Waals surface area (Å²) in [4.78, 5) is 28.5. The van der Waals surface area contributed by atoms with Gasteiger partial charge in [-0.3, -0.25) is 5.32 Å². The second-order valence-electron chi connectivity index (χ2n) is 5.23. The van der Waals surface area contributed by atoms with Crippen LogP contribution >= 0.6 is 0 Å². The summed E-state index contributed by atoms with van der Waals surface area (Å²) in [6, 6.07) is 11.0. The van der Waals surface area contributed by atoms with Crippen molar-refractivity contribution < 1.29 is 14.7 Å². The maximum atomic E-state index is 10.7. The number of oxime groups is 1. The lowest BCUT2D eigenvalue weighted by Gasteiger charge is -2.07. The van der Waals surface area contributed by atoms with Gasteiger partial charge in [0.2, 0.25) is 0 Å². The van der Waals surface area contributed by atoms with Crippen molar-refractivity contribution in [2.45, 2.75) is 6.61 Å². The Bertz CT molecular complexity index is 923. The van der Waals surface area contributed by atoms with Crippen LogP contribution in [0.25, 0.3) is 0 Å². The maximum absolute atomic E-state index is 10.7. The van der Waals surface area contributed by atoms with Crippen molar-refractivity contribution in [1.29, 1.82) is 0 Å². The van der Waals surface area contributed by atoms with Gasteiger partial charge in [-0.25, -0.2) is 19.7 Å². The Morgan fingerprint density at radius 1 is 1.23 bits per heavy atom. The molecule has 26 heavy (non-hydrogen) atoms. The van der Waals surface area contributed by atoms with Crippen LogP contribution in [0, 0.1) is 0 Å². The molecule has 0 spiro atoms. The molecule has 9 nitrogen and oxygen atoms in total. The smallest absolute Gasteiger partial charge is 0.410 e. The van der Waals surface area contributed by atoms with Gasteiger partial charge >= 0.3 is 6.09 Å². The third-order valence-electron chi connectivity index (χ3n) is 3.37. The highest BCUT2D eigenvalue weighted by atomic mass is 16.6. The van der Waals surface area contributed by atoms with Crippen molar-refractivity contribution in [1.82, 2.24) is 19.5 Å². The predicted molar refractivity (Wildman–Crippen MR) is 93.8 cm³/mol. The normalized spacial score (nSPS) is 11.2. The molecule has 0 saturated carbocycles. The number of aromatic nitrogens is 4. The minimum atomic E-state index is -1.20. The second kappa shape index (κ2) is 7.88. The van der Waals surface area contributed by atoms with Gasteiger partial charge in [-0.05, 0) is 6.07 Å². The summed E-state index contributed by atoms with van der Waals surface area (Å²) in [6.07, 6.45) is 3.74. The topological polar surface area (TPSA) is 115 Å². The zero-order valence-electron chi connectivity index (χ0n) is 13.9. The van der Waals surface area contributed by atoms with Gasteiger partial charge in [0.25, 0.3) is 0 Å². The summed E-state index contributed by atoms with van der Waals surface area (Å²) in [5.41, 5.74) is 1.42. The summed E-state index contributed by atoms with van der Waals surface area (Å²) in [5.74, 6) is 1.12. The van der Waals surface area contributed by atoms with Gasteiger partial charge in [0.1, 0.15) is 5.82 Å². The van der Waals surface area contributed by atoms with Crippen molar-refractivity contribution in [3.63, 3.8) is 0 Å². The first kappa shape index (κ1) is 17.1. The van der Waals surface area contributed by atoms with Crippen LogP contribution in [0.4, 0.5) is 10.6 Å². The van der Waals surface area contributed by atoms with Gasteiger partial charge < -0.3 is 14.5 Å². The quantitative estimate of drug-likeness (QED) is 0.519. The number of carbonyl (C=O) groups is 1. The molecule has 9 heteroatoms. The minimum Gasteiger partial charge on any atom is -0.465 e. The second-order valence-corrected chi connectivity index (χ2v) is 5.23. The average molecular weight is 352 g/mol. The summed E-state index contributed by atoms with van der Waals surface area (Å²) in [7, 11) is 1.87. The summed E-state index contributed by atoms with van der Waals surface area (Å²) in [6.45, 7) is -0.0180. The van der Waals surface area contributed by atoms with Crippen LogP contribution in [0.2, 0.25) is 0 Å². The molecule has 132 valence electrons. The van der Waals surface area contributed by atoms with E-state index in [2.05, 4.69) is 25.4 Å². The number of amides is 1. The van der Waals surface area contributed by atoms with Crippen LogP contribution < -0.4 is 5.32 Å². The van der Waals surface area contributed by atoms with Gasteiger partial charge in [0.15, 0.2) is 24.0 Å². The molecule has 0 aliphatic rings. The Labute approximate surface area is 149 Å². The molecule has 0 aliphatic carbocycles.